The number of rotatable bonds is 4. The summed E-state index contributed by atoms with van der Waals surface area (Å²) in [7, 11) is 1.05. The van der Waals surface area contributed by atoms with Crippen LogP contribution in [-0.4, -0.2) is 29.9 Å². The molecule has 2 nitrogen and oxygen atoms in total. The second-order valence-electron chi connectivity index (χ2n) is 1.27. The largest absolute Gasteiger partial charge is 0.360 e. The lowest BCUT2D eigenvalue weighted by Crippen LogP contribution is -2.33. The van der Waals surface area contributed by atoms with Crippen molar-refractivity contribution in [2.24, 2.45) is 0 Å². The van der Waals surface area contributed by atoms with Crippen LogP contribution in [0.25, 0.3) is 0 Å². The maximum atomic E-state index is 3.64. The standard InChI is InChI=1S/C2H12N2Si3/c1-2-6-4-7-3-5/h2-4H,1,6-7H2,5H3. The molecule has 0 aromatic carbocycles. The fourth-order valence-corrected chi connectivity index (χ4v) is 4.94. The maximum Gasteiger partial charge on any atom is 0.153 e. The van der Waals surface area contributed by atoms with Crippen LogP contribution in [0.5, 0.6) is 0 Å². The third-order valence-corrected chi connectivity index (χ3v) is 4.45. The van der Waals surface area contributed by atoms with E-state index in [1.807, 2.05) is 5.70 Å². The molecule has 0 aromatic heterocycles. The van der Waals surface area contributed by atoms with E-state index in [4.69, 9.17) is 0 Å². The van der Waals surface area contributed by atoms with Crippen molar-refractivity contribution in [1.82, 2.24) is 9.30 Å². The van der Waals surface area contributed by atoms with Gasteiger partial charge in [-0.15, -0.1) is 6.58 Å². The topological polar surface area (TPSA) is 24.1 Å². The summed E-state index contributed by atoms with van der Waals surface area (Å²) in [5, 5.41) is 0. The van der Waals surface area contributed by atoms with E-state index in [9.17, 15) is 0 Å². The van der Waals surface area contributed by atoms with Crippen LogP contribution >= 0.6 is 0 Å². The molecule has 0 spiro atoms. The second-order valence-corrected chi connectivity index (χ2v) is 7.44. The van der Waals surface area contributed by atoms with Crippen molar-refractivity contribution in [1.29, 1.82) is 0 Å². The van der Waals surface area contributed by atoms with Gasteiger partial charge in [0.1, 0.15) is 9.68 Å². The summed E-state index contributed by atoms with van der Waals surface area (Å²) < 4.78 is 6.62. The van der Waals surface area contributed by atoms with Crippen LogP contribution in [0.3, 0.4) is 0 Å². The molecule has 0 unspecified atom stereocenters. The number of hydrogen-bond acceptors (Lipinski definition) is 2. The minimum absolute atomic E-state index is 0.0371. The molecule has 0 aliphatic heterocycles. The van der Waals surface area contributed by atoms with Gasteiger partial charge < -0.3 is 9.30 Å². The average Bonchev–Trinajstić information content (AvgIpc) is 1.69. The summed E-state index contributed by atoms with van der Waals surface area (Å²) in [6, 6.07) is 0. The molecule has 5 heteroatoms. The Morgan fingerprint density at radius 2 is 2.43 bits per heavy atom. The van der Waals surface area contributed by atoms with Gasteiger partial charge in [0.25, 0.3) is 0 Å². The summed E-state index contributed by atoms with van der Waals surface area (Å²) in [6.07, 6.45) is 0. The molecule has 0 bridgehead atoms. The predicted octanol–water partition coefficient (Wildman–Crippen LogP) is -3.33. The fraction of sp³-hybridized carbons (Fsp3) is 0. The zero-order valence-corrected chi connectivity index (χ0v) is 9.53. The van der Waals surface area contributed by atoms with E-state index in [1.165, 1.54) is 0 Å². The summed E-state index contributed by atoms with van der Waals surface area (Å²) in [5.41, 5.74) is 2.02. The highest BCUT2D eigenvalue weighted by Gasteiger charge is 1.74. The molecule has 0 aromatic rings. The molecule has 0 rings (SSSR count). The molecule has 0 radical (unpaired) electrons. The van der Waals surface area contributed by atoms with E-state index in [0.29, 0.717) is 0 Å². The molecular weight excluding hydrogens is 136 g/mol. The Labute approximate surface area is 52.2 Å². The van der Waals surface area contributed by atoms with Crippen molar-refractivity contribution < 1.29 is 0 Å². The van der Waals surface area contributed by atoms with E-state index >= 15 is 0 Å². The summed E-state index contributed by atoms with van der Waals surface area (Å²) in [4.78, 5) is 0. The van der Waals surface area contributed by atoms with Crippen molar-refractivity contribution >= 4 is 29.9 Å². The first-order valence-electron chi connectivity index (χ1n) is 2.38. The van der Waals surface area contributed by atoms with E-state index in [0.717, 1.165) is 10.4 Å². The highest BCUT2D eigenvalue weighted by Crippen LogP contribution is 1.46. The Balaban J connectivity index is 2.56. The highest BCUT2D eigenvalue weighted by atomic mass is 28.3. The minimum atomic E-state index is -0.0540. The Bertz CT molecular complexity index is 48.2. The Hall–Kier alpha value is 0.311. The molecular formula is C2H12N2Si3. The van der Waals surface area contributed by atoms with Crippen molar-refractivity contribution in [2.45, 2.75) is 0 Å². The smallest absolute Gasteiger partial charge is 0.153 e. The van der Waals surface area contributed by atoms with Crippen LogP contribution in [0.15, 0.2) is 12.3 Å². The molecule has 2 N–H and O–H groups in total. The van der Waals surface area contributed by atoms with E-state index in [-0.39, 0.29) is 19.5 Å². The van der Waals surface area contributed by atoms with Crippen molar-refractivity contribution in [3.05, 3.63) is 12.3 Å². The normalized spacial score (nSPS) is 12.6. The van der Waals surface area contributed by atoms with Crippen LogP contribution in [0.2, 0.25) is 0 Å². The van der Waals surface area contributed by atoms with Crippen LogP contribution in [0.4, 0.5) is 0 Å². The van der Waals surface area contributed by atoms with Gasteiger partial charge in [-0.2, -0.15) is 0 Å². The fourth-order valence-electron chi connectivity index (χ4n) is 0.299. The molecule has 0 aliphatic rings. The number of nitrogens with one attached hydrogen (secondary N) is 2. The zero-order chi connectivity index (χ0) is 5.54. The van der Waals surface area contributed by atoms with Gasteiger partial charge in [0.05, 0.1) is 10.4 Å². The summed E-state index contributed by atoms with van der Waals surface area (Å²) in [6.45, 7) is 3.64. The van der Waals surface area contributed by atoms with Crippen molar-refractivity contribution in [3.8, 4) is 0 Å². The zero-order valence-electron chi connectivity index (χ0n) is 4.70. The van der Waals surface area contributed by atoms with Crippen molar-refractivity contribution in [2.75, 3.05) is 0 Å². The van der Waals surface area contributed by atoms with E-state index < -0.39 is 0 Å². The van der Waals surface area contributed by atoms with Crippen molar-refractivity contribution in [3.63, 3.8) is 0 Å². The first kappa shape index (κ1) is 7.31. The molecule has 0 fully saturated rings. The van der Waals surface area contributed by atoms with Crippen LogP contribution in [0.1, 0.15) is 0 Å². The molecule has 42 valence electrons. The van der Waals surface area contributed by atoms with Gasteiger partial charge in [-0.05, 0) is 0 Å². The number of hydrogen-bond donors (Lipinski definition) is 2. The molecule has 0 atom stereocenters. The maximum absolute atomic E-state index is 3.64. The lowest BCUT2D eigenvalue weighted by Gasteiger charge is -1.93. The average molecular weight is 148 g/mol. The van der Waals surface area contributed by atoms with Crippen LogP contribution < -0.4 is 9.30 Å². The SMILES string of the molecule is C=C[SiH2]N[SiH2]N[SiH3]. The molecule has 0 amide bonds. The molecule has 0 saturated heterocycles. The van der Waals surface area contributed by atoms with Gasteiger partial charge in [-0.1, -0.05) is 5.70 Å². The van der Waals surface area contributed by atoms with E-state index in [2.05, 4.69) is 15.9 Å². The molecule has 0 aliphatic carbocycles. The minimum Gasteiger partial charge on any atom is -0.360 e. The Morgan fingerprint density at radius 3 is 2.86 bits per heavy atom. The molecule has 0 saturated carbocycles. The molecule has 7 heavy (non-hydrogen) atoms. The molecule has 0 heterocycles. The van der Waals surface area contributed by atoms with Gasteiger partial charge in [0, 0.05) is 0 Å². The second kappa shape index (κ2) is 6.31. The van der Waals surface area contributed by atoms with Gasteiger partial charge in [-0.3, -0.25) is 0 Å². The first-order chi connectivity index (χ1) is 3.41. The van der Waals surface area contributed by atoms with Gasteiger partial charge in [-0.25, -0.2) is 0 Å². The lowest BCUT2D eigenvalue weighted by molar-refractivity contribution is 1.46. The highest BCUT2D eigenvalue weighted by molar-refractivity contribution is 6.55. The monoisotopic (exact) mass is 148 g/mol. The summed E-state index contributed by atoms with van der Waals surface area (Å²) >= 11 is 0. The van der Waals surface area contributed by atoms with Gasteiger partial charge in [0.15, 0.2) is 9.84 Å². The quantitative estimate of drug-likeness (QED) is 0.322. The van der Waals surface area contributed by atoms with Crippen LogP contribution in [0, 0.1) is 0 Å². The first-order valence-corrected chi connectivity index (χ1v) is 6.31. The predicted molar refractivity (Wildman–Crippen MR) is 43.5 cm³/mol. The Morgan fingerprint density at radius 1 is 1.71 bits per heavy atom. The third-order valence-electron chi connectivity index (χ3n) is 0.590. The summed E-state index contributed by atoms with van der Waals surface area (Å²) in [5.74, 6) is 0. The van der Waals surface area contributed by atoms with E-state index in [1.54, 1.807) is 0 Å². The van der Waals surface area contributed by atoms with Crippen LogP contribution in [-0.2, 0) is 0 Å². The van der Waals surface area contributed by atoms with Gasteiger partial charge in [0.2, 0.25) is 0 Å². The lowest BCUT2D eigenvalue weighted by atomic mass is 11.3. The van der Waals surface area contributed by atoms with Gasteiger partial charge >= 0.3 is 0 Å². The Kier molecular flexibility index (Phi) is 6.59. The third kappa shape index (κ3) is 6.31.